The van der Waals surface area contributed by atoms with Gasteiger partial charge in [-0.1, -0.05) is 42.5 Å². The highest BCUT2D eigenvalue weighted by molar-refractivity contribution is 7.81. The highest BCUT2D eigenvalue weighted by Crippen LogP contribution is 2.15. The van der Waals surface area contributed by atoms with Gasteiger partial charge in [-0.15, -0.1) is 0 Å². The number of carbonyl (C=O) groups excluding carboxylic acids is 1. The lowest BCUT2D eigenvalue weighted by Gasteiger charge is -2.11. The average Bonchev–Trinajstić information content (AvgIpc) is 2.53. The van der Waals surface area contributed by atoms with Crippen molar-refractivity contribution in [2.75, 3.05) is 7.11 Å². The van der Waals surface area contributed by atoms with Gasteiger partial charge in [0, 0.05) is 0 Å². The van der Waals surface area contributed by atoms with Crippen LogP contribution in [0.3, 0.4) is 0 Å². The lowest BCUT2D eigenvalue weighted by molar-refractivity contribution is -0.144. The molecule has 4 heteroatoms. The predicted molar refractivity (Wildman–Crippen MR) is 85.7 cm³/mol. The fourth-order valence-electron chi connectivity index (χ4n) is 1.93. The zero-order valence-corrected chi connectivity index (χ0v) is 12.8. The van der Waals surface area contributed by atoms with Crippen LogP contribution in [0.25, 0.3) is 0 Å². The van der Waals surface area contributed by atoms with Gasteiger partial charge in [0.2, 0.25) is 0 Å². The Labute approximate surface area is 130 Å². The first-order valence-electron chi connectivity index (χ1n) is 6.70. The maximum absolute atomic E-state index is 11.9. The van der Waals surface area contributed by atoms with Gasteiger partial charge in [0.05, 0.1) is 7.11 Å². The second kappa shape index (κ2) is 7.74. The van der Waals surface area contributed by atoms with E-state index in [1.54, 1.807) is 7.11 Å². The van der Waals surface area contributed by atoms with Crippen molar-refractivity contribution in [2.45, 2.75) is 18.3 Å². The number of hydrogen-bond acceptors (Lipinski definition) is 4. The van der Waals surface area contributed by atoms with Crippen LogP contribution in [0.15, 0.2) is 54.6 Å². The molecule has 2 aromatic rings. The molecule has 0 bridgehead atoms. The van der Waals surface area contributed by atoms with E-state index in [1.165, 1.54) is 0 Å². The molecule has 0 aliphatic heterocycles. The third kappa shape index (κ3) is 4.83. The van der Waals surface area contributed by atoms with Crippen LogP contribution in [0.2, 0.25) is 0 Å². The maximum atomic E-state index is 11.9. The topological polar surface area (TPSA) is 35.5 Å². The summed E-state index contributed by atoms with van der Waals surface area (Å²) < 4.78 is 10.4. The molecule has 21 heavy (non-hydrogen) atoms. The highest BCUT2D eigenvalue weighted by atomic mass is 32.1. The molecule has 1 atom stereocenters. The highest BCUT2D eigenvalue weighted by Gasteiger charge is 2.16. The van der Waals surface area contributed by atoms with Crippen LogP contribution < -0.4 is 4.74 Å². The van der Waals surface area contributed by atoms with Crippen molar-refractivity contribution in [1.29, 1.82) is 0 Å². The smallest absolute Gasteiger partial charge is 0.319 e. The van der Waals surface area contributed by atoms with E-state index in [-0.39, 0.29) is 12.6 Å². The lowest BCUT2D eigenvalue weighted by Crippen LogP contribution is -2.20. The number of methoxy groups -OCH3 is 1. The van der Waals surface area contributed by atoms with Gasteiger partial charge in [-0.25, -0.2) is 0 Å². The van der Waals surface area contributed by atoms with Gasteiger partial charge in [-0.05, 0) is 29.7 Å². The Morgan fingerprint density at radius 3 is 2.52 bits per heavy atom. The maximum Gasteiger partial charge on any atom is 0.319 e. The van der Waals surface area contributed by atoms with Gasteiger partial charge in [0.1, 0.15) is 17.6 Å². The van der Waals surface area contributed by atoms with Crippen LogP contribution in [0.4, 0.5) is 0 Å². The molecule has 0 saturated carbocycles. The van der Waals surface area contributed by atoms with E-state index in [1.807, 2.05) is 54.6 Å². The zero-order valence-electron chi connectivity index (χ0n) is 11.9. The molecule has 0 aromatic heterocycles. The number of carbonyl (C=O) groups is 1. The minimum absolute atomic E-state index is 0.224. The van der Waals surface area contributed by atoms with Crippen LogP contribution >= 0.6 is 12.6 Å². The number of ether oxygens (including phenoxy) is 2. The molecule has 0 aliphatic carbocycles. The monoisotopic (exact) mass is 302 g/mol. The van der Waals surface area contributed by atoms with Crippen LogP contribution in [-0.2, 0) is 22.6 Å². The van der Waals surface area contributed by atoms with Gasteiger partial charge < -0.3 is 9.47 Å². The molecule has 0 radical (unpaired) electrons. The molecule has 2 rings (SSSR count). The fourth-order valence-corrected chi connectivity index (χ4v) is 2.22. The number of esters is 1. The molecular weight excluding hydrogens is 284 g/mol. The van der Waals surface area contributed by atoms with E-state index in [0.29, 0.717) is 6.42 Å². The van der Waals surface area contributed by atoms with Crippen molar-refractivity contribution in [3.8, 4) is 5.75 Å². The summed E-state index contributed by atoms with van der Waals surface area (Å²) >= 11 is 4.32. The van der Waals surface area contributed by atoms with Crippen LogP contribution in [0.5, 0.6) is 5.75 Å². The Morgan fingerprint density at radius 1 is 1.10 bits per heavy atom. The minimum atomic E-state index is -0.460. The van der Waals surface area contributed by atoms with E-state index in [4.69, 9.17) is 9.47 Å². The van der Waals surface area contributed by atoms with Crippen molar-refractivity contribution >= 4 is 18.6 Å². The SMILES string of the molecule is COc1cccc(COC(=O)C(S)Cc2ccccc2)c1. The van der Waals surface area contributed by atoms with Crippen molar-refractivity contribution < 1.29 is 14.3 Å². The number of rotatable bonds is 6. The van der Waals surface area contributed by atoms with E-state index >= 15 is 0 Å². The molecule has 0 aliphatic rings. The van der Waals surface area contributed by atoms with Crippen LogP contribution in [0.1, 0.15) is 11.1 Å². The average molecular weight is 302 g/mol. The normalized spacial score (nSPS) is 11.7. The predicted octanol–water partition coefficient (Wildman–Crippen LogP) is 3.28. The van der Waals surface area contributed by atoms with Gasteiger partial charge in [-0.3, -0.25) is 4.79 Å². The van der Waals surface area contributed by atoms with Gasteiger partial charge >= 0.3 is 5.97 Å². The van der Waals surface area contributed by atoms with Crippen molar-refractivity contribution in [2.24, 2.45) is 0 Å². The Bertz CT molecular complexity index is 584. The molecule has 0 spiro atoms. The summed E-state index contributed by atoms with van der Waals surface area (Å²) in [5.74, 6) is 0.431. The first-order chi connectivity index (χ1) is 10.2. The van der Waals surface area contributed by atoms with E-state index < -0.39 is 5.25 Å². The molecule has 0 saturated heterocycles. The summed E-state index contributed by atoms with van der Waals surface area (Å²) in [6.45, 7) is 0.224. The molecule has 0 amide bonds. The third-order valence-corrected chi connectivity index (χ3v) is 3.45. The second-order valence-electron chi connectivity index (χ2n) is 4.66. The first kappa shape index (κ1) is 15.4. The summed E-state index contributed by atoms with van der Waals surface area (Å²) in [7, 11) is 1.61. The Morgan fingerprint density at radius 2 is 1.81 bits per heavy atom. The Balaban J connectivity index is 1.86. The number of benzene rings is 2. The summed E-state index contributed by atoms with van der Waals surface area (Å²) in [4.78, 5) is 11.9. The summed E-state index contributed by atoms with van der Waals surface area (Å²) in [6, 6.07) is 17.2. The van der Waals surface area contributed by atoms with Crippen molar-refractivity contribution in [3.05, 3.63) is 65.7 Å². The van der Waals surface area contributed by atoms with Gasteiger partial charge in [0.15, 0.2) is 0 Å². The number of thiol groups is 1. The molecule has 1 unspecified atom stereocenters. The largest absolute Gasteiger partial charge is 0.497 e. The molecule has 0 heterocycles. The van der Waals surface area contributed by atoms with Crippen LogP contribution in [0, 0.1) is 0 Å². The standard InChI is InChI=1S/C17H18O3S/c1-19-15-9-5-8-14(10-15)12-20-17(18)16(21)11-13-6-3-2-4-7-13/h2-10,16,21H,11-12H2,1H3. The first-order valence-corrected chi connectivity index (χ1v) is 7.22. The quantitative estimate of drug-likeness (QED) is 0.657. The Hall–Kier alpha value is -1.94. The lowest BCUT2D eigenvalue weighted by atomic mass is 10.1. The molecule has 2 aromatic carbocycles. The van der Waals surface area contributed by atoms with Crippen molar-refractivity contribution in [3.63, 3.8) is 0 Å². The zero-order chi connectivity index (χ0) is 15.1. The summed E-state index contributed by atoms with van der Waals surface area (Å²) in [6.07, 6.45) is 0.556. The van der Waals surface area contributed by atoms with Crippen LogP contribution in [-0.4, -0.2) is 18.3 Å². The fraction of sp³-hybridized carbons (Fsp3) is 0.235. The van der Waals surface area contributed by atoms with Crippen molar-refractivity contribution in [1.82, 2.24) is 0 Å². The van der Waals surface area contributed by atoms with Gasteiger partial charge in [0.25, 0.3) is 0 Å². The van der Waals surface area contributed by atoms with E-state index in [0.717, 1.165) is 16.9 Å². The molecule has 0 N–H and O–H groups in total. The molecule has 0 fully saturated rings. The summed E-state index contributed by atoms with van der Waals surface area (Å²) in [5.41, 5.74) is 1.96. The molecule has 110 valence electrons. The van der Waals surface area contributed by atoms with E-state index in [2.05, 4.69) is 12.6 Å². The Kier molecular flexibility index (Phi) is 5.69. The van der Waals surface area contributed by atoms with Gasteiger partial charge in [-0.2, -0.15) is 12.6 Å². The molecular formula is C17H18O3S. The summed E-state index contributed by atoms with van der Waals surface area (Å²) in [5, 5.41) is -0.460. The third-order valence-electron chi connectivity index (χ3n) is 3.06. The second-order valence-corrected chi connectivity index (χ2v) is 5.29. The minimum Gasteiger partial charge on any atom is -0.497 e. The number of hydrogen-bond donors (Lipinski definition) is 1. The van der Waals surface area contributed by atoms with E-state index in [9.17, 15) is 4.79 Å². The molecule has 3 nitrogen and oxygen atoms in total.